The number of aryl methyl sites for hydroxylation is 2. The number of carbonyl (C=O) groups excluding carboxylic acids is 1. The van der Waals surface area contributed by atoms with Crippen molar-refractivity contribution in [2.45, 2.75) is 19.9 Å². The van der Waals surface area contributed by atoms with E-state index in [4.69, 9.17) is 5.73 Å². The molecule has 2 rings (SSSR count). The lowest BCUT2D eigenvalue weighted by atomic mass is 10.1. The van der Waals surface area contributed by atoms with E-state index >= 15 is 0 Å². The van der Waals surface area contributed by atoms with Gasteiger partial charge in [-0.05, 0) is 31.5 Å². The Morgan fingerprint density at radius 2 is 1.95 bits per heavy atom. The third-order valence-electron chi connectivity index (χ3n) is 2.96. The van der Waals surface area contributed by atoms with Crippen molar-refractivity contribution < 1.29 is 4.79 Å². The van der Waals surface area contributed by atoms with E-state index in [0.717, 1.165) is 11.3 Å². The Bertz CT molecular complexity index is 601. The van der Waals surface area contributed by atoms with E-state index in [2.05, 4.69) is 15.7 Å². The van der Waals surface area contributed by atoms with E-state index in [1.54, 1.807) is 10.9 Å². The van der Waals surface area contributed by atoms with Crippen LogP contribution in [0, 0.1) is 6.92 Å². The molecule has 6 heteroatoms. The molecular weight excluding hydrogens is 254 g/mol. The normalized spacial score (nSPS) is 12.0. The number of nitrogens with one attached hydrogen (secondary N) is 2. The summed E-state index contributed by atoms with van der Waals surface area (Å²) in [6, 6.07) is 7.14. The van der Waals surface area contributed by atoms with E-state index in [-0.39, 0.29) is 12.1 Å². The minimum Gasteiger partial charge on any atom is -0.324 e. The smallest absolute Gasteiger partial charge is 0.323 e. The maximum atomic E-state index is 11.9. The summed E-state index contributed by atoms with van der Waals surface area (Å²) in [6.45, 7) is 3.76. The fraction of sp³-hybridized carbons (Fsp3) is 0.286. The van der Waals surface area contributed by atoms with Gasteiger partial charge in [0.15, 0.2) is 0 Å². The Balaban J connectivity index is 1.99. The van der Waals surface area contributed by atoms with Crippen LogP contribution < -0.4 is 16.4 Å². The Labute approximate surface area is 118 Å². The number of rotatable bonds is 3. The molecule has 1 aromatic heterocycles. The zero-order valence-electron chi connectivity index (χ0n) is 11.8. The minimum absolute atomic E-state index is 0.0177. The van der Waals surface area contributed by atoms with Gasteiger partial charge in [-0.1, -0.05) is 12.1 Å². The van der Waals surface area contributed by atoms with Crippen LogP contribution in [0.1, 0.15) is 24.2 Å². The molecule has 0 aliphatic carbocycles. The molecule has 0 aliphatic rings. The van der Waals surface area contributed by atoms with Crippen LogP contribution in [-0.4, -0.2) is 15.8 Å². The van der Waals surface area contributed by atoms with Gasteiger partial charge in [0.25, 0.3) is 0 Å². The van der Waals surface area contributed by atoms with Gasteiger partial charge in [0.05, 0.1) is 11.4 Å². The molecule has 1 heterocycles. The van der Waals surface area contributed by atoms with Crippen molar-refractivity contribution in [2.75, 3.05) is 10.6 Å². The van der Waals surface area contributed by atoms with E-state index in [9.17, 15) is 4.79 Å². The zero-order valence-corrected chi connectivity index (χ0v) is 11.8. The summed E-state index contributed by atoms with van der Waals surface area (Å²) in [6.07, 6.45) is 1.76. The number of hydrogen-bond acceptors (Lipinski definition) is 3. The topological polar surface area (TPSA) is 85.0 Å². The highest BCUT2D eigenvalue weighted by Gasteiger charge is 2.08. The largest absolute Gasteiger partial charge is 0.324 e. The van der Waals surface area contributed by atoms with Crippen LogP contribution in [0.3, 0.4) is 0 Å². The molecule has 1 unspecified atom stereocenters. The van der Waals surface area contributed by atoms with Gasteiger partial charge < -0.3 is 16.4 Å². The van der Waals surface area contributed by atoms with Crippen molar-refractivity contribution in [2.24, 2.45) is 12.8 Å². The van der Waals surface area contributed by atoms with Crippen molar-refractivity contribution in [1.29, 1.82) is 0 Å². The molecule has 106 valence electrons. The Morgan fingerprint density at radius 1 is 1.30 bits per heavy atom. The number of amides is 2. The van der Waals surface area contributed by atoms with Crippen LogP contribution in [-0.2, 0) is 7.05 Å². The van der Waals surface area contributed by atoms with Crippen LogP contribution in [0.2, 0.25) is 0 Å². The van der Waals surface area contributed by atoms with Gasteiger partial charge in [0, 0.05) is 25.0 Å². The number of benzene rings is 1. The maximum absolute atomic E-state index is 11.9. The molecule has 0 aliphatic heterocycles. The van der Waals surface area contributed by atoms with Crippen molar-refractivity contribution >= 4 is 17.4 Å². The summed E-state index contributed by atoms with van der Waals surface area (Å²) >= 11 is 0. The summed E-state index contributed by atoms with van der Waals surface area (Å²) in [4.78, 5) is 11.9. The molecule has 0 saturated heterocycles. The van der Waals surface area contributed by atoms with Crippen LogP contribution in [0.15, 0.2) is 30.5 Å². The second-order valence-electron chi connectivity index (χ2n) is 4.79. The third kappa shape index (κ3) is 3.36. The lowest BCUT2D eigenvalue weighted by Gasteiger charge is -2.09. The Morgan fingerprint density at radius 3 is 2.45 bits per heavy atom. The minimum atomic E-state index is -0.297. The molecule has 6 nitrogen and oxygen atoms in total. The molecular formula is C14H19N5O. The van der Waals surface area contributed by atoms with E-state index in [0.29, 0.717) is 11.4 Å². The standard InChI is InChI=1S/C14H19N5O/c1-9(15)11-4-6-12(7-5-11)16-14(20)17-13-8-19(3)18-10(13)2/h4-9H,15H2,1-3H3,(H2,16,17,20). The SMILES string of the molecule is Cc1nn(C)cc1NC(=O)Nc1ccc(C(C)N)cc1. The predicted molar refractivity (Wildman–Crippen MR) is 79.6 cm³/mol. The second-order valence-corrected chi connectivity index (χ2v) is 4.79. The van der Waals surface area contributed by atoms with E-state index in [1.165, 1.54) is 0 Å². The predicted octanol–water partition coefficient (Wildman–Crippen LogP) is 2.39. The molecule has 20 heavy (non-hydrogen) atoms. The molecule has 0 saturated carbocycles. The number of aromatic nitrogens is 2. The van der Waals surface area contributed by atoms with E-state index < -0.39 is 0 Å². The Hall–Kier alpha value is -2.34. The molecule has 0 radical (unpaired) electrons. The fourth-order valence-electron chi connectivity index (χ4n) is 1.88. The summed E-state index contributed by atoms with van der Waals surface area (Å²) in [5, 5.41) is 9.69. The average molecular weight is 273 g/mol. The van der Waals surface area contributed by atoms with Gasteiger partial charge in [-0.25, -0.2) is 4.79 Å². The van der Waals surface area contributed by atoms with Crippen molar-refractivity contribution in [3.8, 4) is 0 Å². The first-order valence-electron chi connectivity index (χ1n) is 6.39. The lowest BCUT2D eigenvalue weighted by Crippen LogP contribution is -2.19. The van der Waals surface area contributed by atoms with Crippen LogP contribution in [0.4, 0.5) is 16.2 Å². The highest BCUT2D eigenvalue weighted by molar-refractivity contribution is 5.99. The number of nitrogens with zero attached hydrogens (tertiary/aromatic N) is 2. The second kappa shape index (κ2) is 5.75. The molecule has 4 N–H and O–H groups in total. The summed E-state index contributed by atoms with van der Waals surface area (Å²) in [5.74, 6) is 0. The van der Waals surface area contributed by atoms with Crippen LogP contribution >= 0.6 is 0 Å². The van der Waals surface area contributed by atoms with Crippen molar-refractivity contribution in [3.05, 3.63) is 41.7 Å². The summed E-state index contributed by atoms with van der Waals surface area (Å²) in [5.41, 5.74) is 8.99. The van der Waals surface area contributed by atoms with Crippen molar-refractivity contribution in [1.82, 2.24) is 9.78 Å². The van der Waals surface area contributed by atoms with Gasteiger partial charge in [0.2, 0.25) is 0 Å². The summed E-state index contributed by atoms with van der Waals surface area (Å²) in [7, 11) is 1.81. The molecule has 2 aromatic rings. The highest BCUT2D eigenvalue weighted by atomic mass is 16.2. The number of urea groups is 1. The molecule has 2 amide bonds. The number of nitrogens with two attached hydrogens (primary N) is 1. The van der Waals surface area contributed by atoms with Gasteiger partial charge in [-0.15, -0.1) is 0 Å². The number of hydrogen-bond donors (Lipinski definition) is 3. The zero-order chi connectivity index (χ0) is 14.7. The average Bonchev–Trinajstić information content (AvgIpc) is 2.68. The third-order valence-corrected chi connectivity index (χ3v) is 2.96. The number of carbonyl (C=O) groups is 1. The maximum Gasteiger partial charge on any atom is 0.323 e. The van der Waals surface area contributed by atoms with Crippen LogP contribution in [0.25, 0.3) is 0 Å². The monoisotopic (exact) mass is 273 g/mol. The van der Waals surface area contributed by atoms with E-state index in [1.807, 2.05) is 45.2 Å². The highest BCUT2D eigenvalue weighted by Crippen LogP contribution is 2.15. The van der Waals surface area contributed by atoms with Crippen LogP contribution in [0.5, 0.6) is 0 Å². The van der Waals surface area contributed by atoms with Gasteiger partial charge in [0.1, 0.15) is 0 Å². The molecule has 0 fully saturated rings. The fourth-order valence-corrected chi connectivity index (χ4v) is 1.88. The van der Waals surface area contributed by atoms with Gasteiger partial charge in [-0.3, -0.25) is 4.68 Å². The Kier molecular flexibility index (Phi) is 4.05. The first-order valence-corrected chi connectivity index (χ1v) is 6.39. The molecule has 1 aromatic carbocycles. The van der Waals surface area contributed by atoms with Gasteiger partial charge >= 0.3 is 6.03 Å². The molecule has 0 spiro atoms. The quantitative estimate of drug-likeness (QED) is 0.802. The summed E-state index contributed by atoms with van der Waals surface area (Å²) < 4.78 is 1.66. The first-order chi connectivity index (χ1) is 9.45. The van der Waals surface area contributed by atoms with Crippen molar-refractivity contribution in [3.63, 3.8) is 0 Å². The lowest BCUT2D eigenvalue weighted by molar-refractivity contribution is 0.262. The first kappa shape index (κ1) is 14.1. The molecule has 1 atom stereocenters. The molecule has 0 bridgehead atoms. The van der Waals surface area contributed by atoms with Gasteiger partial charge in [-0.2, -0.15) is 5.10 Å². The number of anilines is 2.